The van der Waals surface area contributed by atoms with Gasteiger partial charge >= 0.3 is 5.69 Å². The van der Waals surface area contributed by atoms with Crippen LogP contribution in [0.5, 0.6) is 5.88 Å². The fourth-order valence-corrected chi connectivity index (χ4v) is 3.34. The first-order valence-corrected chi connectivity index (χ1v) is 10.1. The van der Waals surface area contributed by atoms with Gasteiger partial charge in [-0.1, -0.05) is 17.7 Å². The molecule has 11 nitrogen and oxygen atoms in total. The molecule has 0 spiro atoms. The number of aromatic hydroxyl groups is 1. The predicted octanol–water partition coefficient (Wildman–Crippen LogP) is 0.594. The molecule has 0 atom stereocenters. The summed E-state index contributed by atoms with van der Waals surface area (Å²) in [6, 6.07) is 7.32. The van der Waals surface area contributed by atoms with Crippen LogP contribution < -0.4 is 21.8 Å². The first-order chi connectivity index (χ1) is 15.5. The van der Waals surface area contributed by atoms with Gasteiger partial charge in [0.25, 0.3) is 5.62 Å². The van der Waals surface area contributed by atoms with Crippen LogP contribution >= 0.6 is 11.6 Å². The van der Waals surface area contributed by atoms with E-state index in [1.165, 1.54) is 4.52 Å². The number of nitriles is 1. The maximum Gasteiger partial charge on any atom is 0.326 e. The van der Waals surface area contributed by atoms with Gasteiger partial charge in [0.05, 0.1) is 23.9 Å². The number of rotatable bonds is 5. The van der Waals surface area contributed by atoms with Gasteiger partial charge in [-0.05, 0) is 36.6 Å². The van der Waals surface area contributed by atoms with Gasteiger partial charge in [-0.2, -0.15) is 24.8 Å². The zero-order chi connectivity index (χ0) is 22.2. The standard InChI is InChI=1S/C20H16ClN9O2/c21-14-5-10(7-22)1-2-11(14)8-23-18-27-16-12(6-15-17(31)28-20(32)26-15)9-24-30(16)19(29-18)25-13-3-4-13/h1-2,5-6,9,13,31H,3-4,8H2,(H,23,25,29)(H2,26,28,32)/b12-6-. The molecule has 32 heavy (non-hydrogen) atoms. The lowest BCUT2D eigenvalue weighted by atomic mass is 10.1. The molecule has 0 saturated heterocycles. The van der Waals surface area contributed by atoms with Crippen LogP contribution in [0.25, 0.3) is 11.7 Å². The van der Waals surface area contributed by atoms with E-state index in [1.54, 1.807) is 30.5 Å². The van der Waals surface area contributed by atoms with Crippen LogP contribution in [-0.2, 0) is 6.54 Å². The number of anilines is 1. The van der Waals surface area contributed by atoms with Gasteiger partial charge in [0.2, 0.25) is 11.8 Å². The maximum absolute atomic E-state index is 11.4. The van der Waals surface area contributed by atoms with Crippen molar-refractivity contribution < 1.29 is 5.11 Å². The van der Waals surface area contributed by atoms with Crippen molar-refractivity contribution in [2.75, 3.05) is 5.32 Å². The van der Waals surface area contributed by atoms with Gasteiger partial charge < -0.3 is 15.4 Å². The zero-order valence-corrected chi connectivity index (χ0v) is 17.3. The first kappa shape index (κ1) is 19.8. The van der Waals surface area contributed by atoms with Gasteiger partial charge in [-0.25, -0.2) is 9.79 Å². The fourth-order valence-electron chi connectivity index (χ4n) is 3.09. The molecule has 0 amide bonds. The molecule has 0 aliphatic heterocycles. The minimum absolute atomic E-state index is 0.204. The number of aromatic amines is 2. The van der Waals surface area contributed by atoms with Crippen LogP contribution in [0, 0.1) is 11.3 Å². The van der Waals surface area contributed by atoms with Crippen molar-refractivity contribution in [2.24, 2.45) is 4.99 Å². The first-order valence-electron chi connectivity index (χ1n) is 9.75. The minimum Gasteiger partial charge on any atom is -0.493 e. The van der Waals surface area contributed by atoms with Crippen LogP contribution in [0.2, 0.25) is 5.02 Å². The smallest absolute Gasteiger partial charge is 0.326 e. The summed E-state index contributed by atoms with van der Waals surface area (Å²) in [6.07, 6.45) is 5.11. The van der Waals surface area contributed by atoms with E-state index in [0.717, 1.165) is 18.4 Å². The molecule has 1 saturated carbocycles. The Hall–Kier alpha value is -4.17. The van der Waals surface area contributed by atoms with E-state index in [9.17, 15) is 9.90 Å². The van der Waals surface area contributed by atoms with Crippen LogP contribution in [0.4, 0.5) is 5.95 Å². The molecular formula is C20H16ClN9O2. The molecule has 4 aromatic rings. The van der Waals surface area contributed by atoms with Gasteiger partial charge in [0.1, 0.15) is 5.69 Å². The third-order valence-electron chi connectivity index (χ3n) is 4.88. The number of halogens is 1. The molecular weight excluding hydrogens is 434 g/mol. The molecule has 0 bridgehead atoms. The lowest BCUT2D eigenvalue weighted by Crippen LogP contribution is -2.24. The Kier molecular flexibility index (Phi) is 4.84. The third-order valence-corrected chi connectivity index (χ3v) is 5.23. The number of imidazole rings is 1. The quantitative estimate of drug-likeness (QED) is 0.347. The Morgan fingerprint density at radius 3 is 2.91 bits per heavy atom. The van der Waals surface area contributed by atoms with Gasteiger partial charge in [-0.3, -0.25) is 4.98 Å². The van der Waals surface area contributed by atoms with Crippen molar-refractivity contribution in [3.63, 3.8) is 0 Å². The Bertz CT molecular complexity index is 1560. The number of aromatic nitrogens is 6. The van der Waals surface area contributed by atoms with Crippen LogP contribution in [-0.4, -0.2) is 40.7 Å². The number of H-pyrrole nitrogens is 2. The highest BCUT2D eigenvalue weighted by Crippen LogP contribution is 2.22. The predicted molar refractivity (Wildman–Crippen MR) is 115 cm³/mol. The Morgan fingerprint density at radius 2 is 2.22 bits per heavy atom. The number of hydrogen-bond acceptors (Lipinski definition) is 8. The van der Waals surface area contributed by atoms with Crippen molar-refractivity contribution in [1.29, 1.82) is 5.26 Å². The molecule has 1 aromatic carbocycles. The molecule has 4 N–H and O–H groups in total. The third kappa shape index (κ3) is 3.91. The summed E-state index contributed by atoms with van der Waals surface area (Å²) in [4.78, 5) is 29.9. The van der Waals surface area contributed by atoms with Crippen molar-refractivity contribution in [1.82, 2.24) is 29.5 Å². The van der Waals surface area contributed by atoms with E-state index in [-0.39, 0.29) is 17.6 Å². The van der Waals surface area contributed by atoms with E-state index in [4.69, 9.17) is 16.9 Å². The molecule has 1 aliphatic carbocycles. The van der Waals surface area contributed by atoms with Gasteiger partial charge in [-0.15, -0.1) is 0 Å². The monoisotopic (exact) mass is 449 g/mol. The second-order valence-electron chi connectivity index (χ2n) is 7.30. The zero-order valence-electron chi connectivity index (χ0n) is 16.5. The van der Waals surface area contributed by atoms with Crippen molar-refractivity contribution in [3.8, 4) is 11.9 Å². The number of nitrogens with one attached hydrogen (secondary N) is 3. The molecule has 3 aromatic heterocycles. The molecule has 0 radical (unpaired) electrons. The average Bonchev–Trinajstić information content (AvgIpc) is 3.41. The molecule has 0 unspecified atom stereocenters. The van der Waals surface area contributed by atoms with Crippen molar-refractivity contribution >= 4 is 29.3 Å². The average molecular weight is 450 g/mol. The highest BCUT2D eigenvalue weighted by atomic mass is 35.5. The highest BCUT2D eigenvalue weighted by molar-refractivity contribution is 6.31. The second-order valence-corrected chi connectivity index (χ2v) is 7.71. The minimum atomic E-state index is -0.522. The molecule has 1 fully saturated rings. The van der Waals surface area contributed by atoms with E-state index in [2.05, 4.69) is 41.4 Å². The second kappa shape index (κ2) is 7.82. The van der Waals surface area contributed by atoms with Crippen LogP contribution in [0.1, 0.15) is 29.7 Å². The van der Waals surface area contributed by atoms with E-state index >= 15 is 0 Å². The summed E-state index contributed by atoms with van der Waals surface area (Å²) >= 11 is 6.27. The Morgan fingerprint density at radius 1 is 1.38 bits per heavy atom. The molecule has 160 valence electrons. The Labute approximate surface area is 184 Å². The van der Waals surface area contributed by atoms with Crippen LogP contribution in [0.3, 0.4) is 0 Å². The molecule has 1 aliphatic rings. The summed E-state index contributed by atoms with van der Waals surface area (Å²) in [5.74, 6) is 0.0411. The van der Waals surface area contributed by atoms with Crippen molar-refractivity contribution in [2.45, 2.75) is 25.4 Å². The lowest BCUT2D eigenvalue weighted by Gasteiger charge is -2.07. The summed E-state index contributed by atoms with van der Waals surface area (Å²) in [7, 11) is 0. The van der Waals surface area contributed by atoms with Gasteiger partial charge in [0.15, 0.2) is 5.65 Å². The summed E-state index contributed by atoms with van der Waals surface area (Å²) in [6.45, 7) is 0.336. The van der Waals surface area contributed by atoms with Gasteiger partial charge in [0, 0.05) is 16.8 Å². The molecule has 5 rings (SSSR count). The number of hydrogen-bond donors (Lipinski definition) is 4. The number of nitrogens with zero attached hydrogens (tertiary/aromatic N) is 6. The SMILES string of the molecule is N#Cc1ccc(CNc2nc(=NC3CC3)n3nc/c(=C/c4[nH]c(=O)[nH]c4O)c3n2)c(Cl)c1. The molecule has 3 heterocycles. The van der Waals surface area contributed by atoms with E-state index in [1.807, 2.05) is 0 Å². The number of fused-ring (bicyclic) bond motifs is 1. The largest absolute Gasteiger partial charge is 0.493 e. The fraction of sp³-hybridized carbons (Fsp3) is 0.200. The highest BCUT2D eigenvalue weighted by Gasteiger charge is 2.21. The topological polar surface area (TPSA) is 160 Å². The summed E-state index contributed by atoms with van der Waals surface area (Å²) in [5.41, 5.74) is 1.80. The Balaban J connectivity index is 1.57. The number of benzene rings is 1. The van der Waals surface area contributed by atoms with Crippen molar-refractivity contribution in [3.05, 3.63) is 67.6 Å². The van der Waals surface area contributed by atoms with E-state index < -0.39 is 5.69 Å². The normalized spacial score (nSPS) is 14.8. The molecule has 12 heteroatoms. The summed E-state index contributed by atoms with van der Waals surface area (Å²) < 4.78 is 1.52. The lowest BCUT2D eigenvalue weighted by molar-refractivity contribution is 0.454. The van der Waals surface area contributed by atoms with E-state index in [0.29, 0.717) is 39.6 Å². The maximum atomic E-state index is 11.4. The summed E-state index contributed by atoms with van der Waals surface area (Å²) in [5, 5.41) is 27.4. The van der Waals surface area contributed by atoms with Crippen LogP contribution in [0.15, 0.2) is 34.2 Å².